The van der Waals surface area contributed by atoms with Gasteiger partial charge in [-0.05, 0) is 12.1 Å². The normalized spacial score (nSPS) is 9.67. The van der Waals surface area contributed by atoms with Crippen molar-refractivity contribution in [1.29, 1.82) is 5.41 Å². The Labute approximate surface area is 109 Å². The van der Waals surface area contributed by atoms with Crippen LogP contribution in [0.2, 0.25) is 0 Å². The second-order valence-electron chi connectivity index (χ2n) is 3.41. The highest BCUT2D eigenvalue weighted by atomic mass is 35.5. The lowest BCUT2D eigenvalue weighted by Gasteiger charge is -2.04. The number of amidine groups is 1. The lowest BCUT2D eigenvalue weighted by Crippen LogP contribution is -2.09. The lowest BCUT2D eigenvalue weighted by atomic mass is 10.3. The minimum Gasteiger partial charge on any atom is -0.494 e. The van der Waals surface area contributed by atoms with Crippen LogP contribution in [0.3, 0.4) is 0 Å². The summed E-state index contributed by atoms with van der Waals surface area (Å²) in [5, 5.41) is 11.2. The molecule has 0 aliphatic rings. The molecule has 2 aromatic rings. The smallest absolute Gasteiger partial charge is 0.167 e. The average molecular weight is 271 g/mol. The zero-order valence-corrected chi connectivity index (χ0v) is 10.4. The minimum atomic E-state index is -0.468. The van der Waals surface area contributed by atoms with Gasteiger partial charge in [0, 0.05) is 12.3 Å². The number of methoxy groups -OCH3 is 1. The van der Waals surface area contributed by atoms with Crippen LogP contribution in [-0.4, -0.2) is 22.7 Å². The first-order valence-electron chi connectivity index (χ1n) is 4.85. The quantitative estimate of drug-likeness (QED) is 0.659. The van der Waals surface area contributed by atoms with E-state index < -0.39 is 5.82 Å². The SMILES string of the molecule is COc1ccc(-n2cc(C(=N)N)cn2)cc1F.Cl. The number of halogens is 2. The van der Waals surface area contributed by atoms with Crippen LogP contribution in [0.15, 0.2) is 30.6 Å². The van der Waals surface area contributed by atoms with Crippen molar-refractivity contribution in [1.82, 2.24) is 9.78 Å². The molecule has 1 aromatic heterocycles. The largest absolute Gasteiger partial charge is 0.494 e. The molecule has 0 saturated heterocycles. The molecule has 0 aliphatic heterocycles. The Hall–Kier alpha value is -2.08. The van der Waals surface area contributed by atoms with Crippen molar-refractivity contribution in [3.05, 3.63) is 42.0 Å². The van der Waals surface area contributed by atoms with Crippen LogP contribution in [-0.2, 0) is 0 Å². The molecule has 96 valence electrons. The number of aromatic nitrogens is 2. The summed E-state index contributed by atoms with van der Waals surface area (Å²) >= 11 is 0. The van der Waals surface area contributed by atoms with Crippen LogP contribution < -0.4 is 10.5 Å². The fraction of sp³-hybridized carbons (Fsp3) is 0.0909. The third-order valence-electron chi connectivity index (χ3n) is 2.29. The summed E-state index contributed by atoms with van der Waals surface area (Å²) in [6, 6.07) is 4.48. The molecule has 0 amide bonds. The van der Waals surface area contributed by atoms with Gasteiger partial charge in [0.2, 0.25) is 0 Å². The van der Waals surface area contributed by atoms with Gasteiger partial charge in [0.25, 0.3) is 0 Å². The summed E-state index contributed by atoms with van der Waals surface area (Å²) in [4.78, 5) is 0. The maximum atomic E-state index is 13.5. The molecule has 0 radical (unpaired) electrons. The average Bonchev–Trinajstić information content (AvgIpc) is 2.78. The van der Waals surface area contributed by atoms with E-state index in [9.17, 15) is 4.39 Å². The maximum Gasteiger partial charge on any atom is 0.167 e. The van der Waals surface area contributed by atoms with Crippen molar-refractivity contribution in [2.24, 2.45) is 5.73 Å². The van der Waals surface area contributed by atoms with Crippen LogP contribution >= 0.6 is 12.4 Å². The zero-order chi connectivity index (χ0) is 12.4. The van der Waals surface area contributed by atoms with Crippen LogP contribution in [0, 0.1) is 11.2 Å². The molecular formula is C11H12ClFN4O. The number of nitrogen functional groups attached to an aromatic ring is 1. The Bertz CT molecular complexity index is 570. The topological polar surface area (TPSA) is 76.9 Å². The Morgan fingerprint density at radius 2 is 2.22 bits per heavy atom. The van der Waals surface area contributed by atoms with Gasteiger partial charge < -0.3 is 10.5 Å². The monoisotopic (exact) mass is 270 g/mol. The number of nitrogens with two attached hydrogens (primary N) is 1. The van der Waals surface area contributed by atoms with E-state index in [0.29, 0.717) is 11.3 Å². The van der Waals surface area contributed by atoms with Crippen LogP contribution in [0.1, 0.15) is 5.56 Å². The Morgan fingerprint density at radius 3 is 2.72 bits per heavy atom. The number of hydrogen-bond donors (Lipinski definition) is 2. The van der Waals surface area contributed by atoms with Crippen molar-refractivity contribution >= 4 is 18.2 Å². The van der Waals surface area contributed by atoms with E-state index in [1.807, 2.05) is 0 Å². The Kier molecular flexibility index (Phi) is 4.28. The third-order valence-corrected chi connectivity index (χ3v) is 2.29. The highest BCUT2D eigenvalue weighted by Gasteiger charge is 2.07. The fourth-order valence-electron chi connectivity index (χ4n) is 1.40. The van der Waals surface area contributed by atoms with Crippen molar-refractivity contribution in [3.8, 4) is 11.4 Å². The second kappa shape index (κ2) is 5.50. The van der Waals surface area contributed by atoms with E-state index in [1.165, 1.54) is 30.1 Å². The minimum absolute atomic E-state index is 0. The molecule has 0 saturated carbocycles. The van der Waals surface area contributed by atoms with Crippen LogP contribution in [0.25, 0.3) is 5.69 Å². The standard InChI is InChI=1S/C11H11FN4O.ClH/c1-17-10-3-2-8(4-9(10)12)16-6-7(5-15-16)11(13)14;/h2-6H,1H3,(H3,13,14);1H. The first kappa shape index (κ1) is 14.0. The van der Waals surface area contributed by atoms with Gasteiger partial charge in [-0.25, -0.2) is 9.07 Å². The highest BCUT2D eigenvalue weighted by Crippen LogP contribution is 2.19. The molecule has 0 unspecified atom stereocenters. The van der Waals surface area contributed by atoms with E-state index in [1.54, 1.807) is 12.3 Å². The van der Waals surface area contributed by atoms with Gasteiger partial charge in [0.05, 0.1) is 24.6 Å². The predicted octanol–water partition coefficient (Wildman–Crippen LogP) is 1.73. The van der Waals surface area contributed by atoms with E-state index in [-0.39, 0.29) is 24.0 Å². The fourth-order valence-corrected chi connectivity index (χ4v) is 1.40. The second-order valence-corrected chi connectivity index (χ2v) is 3.41. The van der Waals surface area contributed by atoms with Crippen molar-refractivity contribution < 1.29 is 9.13 Å². The van der Waals surface area contributed by atoms with Gasteiger partial charge in [-0.1, -0.05) is 0 Å². The number of benzene rings is 1. The molecular weight excluding hydrogens is 259 g/mol. The molecule has 3 N–H and O–H groups in total. The summed E-state index contributed by atoms with van der Waals surface area (Å²) in [6.07, 6.45) is 3.01. The van der Waals surface area contributed by atoms with Crippen LogP contribution in [0.4, 0.5) is 4.39 Å². The summed E-state index contributed by atoms with van der Waals surface area (Å²) in [7, 11) is 1.40. The highest BCUT2D eigenvalue weighted by molar-refractivity contribution is 5.94. The summed E-state index contributed by atoms with van der Waals surface area (Å²) in [5.74, 6) is -0.372. The predicted molar refractivity (Wildman–Crippen MR) is 68.3 cm³/mol. The molecule has 1 heterocycles. The number of nitrogens with zero attached hydrogens (tertiary/aromatic N) is 2. The number of hydrogen-bond acceptors (Lipinski definition) is 3. The van der Waals surface area contributed by atoms with E-state index in [2.05, 4.69) is 5.10 Å². The molecule has 0 aliphatic carbocycles. The van der Waals surface area contributed by atoms with Crippen molar-refractivity contribution in [3.63, 3.8) is 0 Å². The molecule has 0 spiro atoms. The van der Waals surface area contributed by atoms with E-state index in [4.69, 9.17) is 15.9 Å². The summed E-state index contributed by atoms with van der Waals surface area (Å²) < 4.78 is 19.7. The molecule has 0 atom stereocenters. The van der Waals surface area contributed by atoms with E-state index >= 15 is 0 Å². The zero-order valence-electron chi connectivity index (χ0n) is 9.55. The van der Waals surface area contributed by atoms with Crippen molar-refractivity contribution in [2.45, 2.75) is 0 Å². The van der Waals surface area contributed by atoms with Gasteiger partial charge in [-0.2, -0.15) is 5.10 Å². The molecule has 1 aromatic carbocycles. The molecule has 2 rings (SSSR count). The molecule has 0 bridgehead atoms. The van der Waals surface area contributed by atoms with Gasteiger partial charge in [-0.15, -0.1) is 12.4 Å². The van der Waals surface area contributed by atoms with Crippen LogP contribution in [0.5, 0.6) is 5.75 Å². The summed E-state index contributed by atoms with van der Waals surface area (Å²) in [5.41, 5.74) is 6.34. The molecule has 0 fully saturated rings. The molecule has 18 heavy (non-hydrogen) atoms. The Morgan fingerprint density at radius 1 is 1.50 bits per heavy atom. The number of nitrogens with one attached hydrogen (secondary N) is 1. The lowest BCUT2D eigenvalue weighted by molar-refractivity contribution is 0.386. The number of ether oxygens (including phenoxy) is 1. The molecule has 5 nitrogen and oxygen atoms in total. The first-order chi connectivity index (χ1) is 8.11. The first-order valence-corrected chi connectivity index (χ1v) is 4.85. The van der Waals surface area contributed by atoms with Gasteiger partial charge in [0.1, 0.15) is 5.84 Å². The summed E-state index contributed by atoms with van der Waals surface area (Å²) in [6.45, 7) is 0. The van der Waals surface area contributed by atoms with Gasteiger partial charge in [0.15, 0.2) is 11.6 Å². The molecule has 7 heteroatoms. The Balaban J connectivity index is 0.00000162. The van der Waals surface area contributed by atoms with E-state index in [0.717, 1.165) is 0 Å². The number of rotatable bonds is 3. The van der Waals surface area contributed by atoms with Gasteiger partial charge in [-0.3, -0.25) is 5.41 Å². The van der Waals surface area contributed by atoms with Crippen molar-refractivity contribution in [2.75, 3.05) is 7.11 Å². The third kappa shape index (κ3) is 2.60. The maximum absolute atomic E-state index is 13.5. The van der Waals surface area contributed by atoms with Gasteiger partial charge >= 0.3 is 0 Å².